The highest BCUT2D eigenvalue weighted by Gasteiger charge is 2.28. The van der Waals surface area contributed by atoms with Crippen LogP contribution in [0.1, 0.15) is 18.4 Å². The molecule has 2 heterocycles. The zero-order valence-electron chi connectivity index (χ0n) is 12.0. The monoisotopic (exact) mass is 315 g/mol. The number of nitrogens with zero attached hydrogens (tertiary/aromatic N) is 2. The van der Waals surface area contributed by atoms with Crippen molar-refractivity contribution in [3.05, 3.63) is 23.9 Å². The topological polar surface area (TPSA) is 91.8 Å². The maximum absolute atomic E-state index is 12.2. The van der Waals surface area contributed by atoms with Gasteiger partial charge in [-0.05, 0) is 24.3 Å². The van der Waals surface area contributed by atoms with Crippen molar-refractivity contribution < 1.29 is 18.3 Å². The van der Waals surface area contributed by atoms with Crippen molar-refractivity contribution in [2.45, 2.75) is 19.4 Å². The van der Waals surface area contributed by atoms with Gasteiger partial charge in [0.25, 0.3) is 10.2 Å². The van der Waals surface area contributed by atoms with Crippen molar-refractivity contribution >= 4 is 10.2 Å². The maximum Gasteiger partial charge on any atom is 0.279 e. The normalized spacial score (nSPS) is 20.4. The van der Waals surface area contributed by atoms with Gasteiger partial charge in [0.05, 0.1) is 7.11 Å². The predicted octanol–water partition coefficient (Wildman–Crippen LogP) is 0.129. The Labute approximate surface area is 125 Å². The van der Waals surface area contributed by atoms with Gasteiger partial charge in [-0.25, -0.2) is 4.98 Å². The fourth-order valence-electron chi connectivity index (χ4n) is 2.30. The number of ether oxygens (including phenoxy) is 1. The van der Waals surface area contributed by atoms with E-state index >= 15 is 0 Å². The molecule has 1 aliphatic rings. The molecule has 7 nitrogen and oxygen atoms in total. The highest BCUT2D eigenvalue weighted by Crippen LogP contribution is 2.18. The van der Waals surface area contributed by atoms with Crippen LogP contribution in [0.5, 0.6) is 5.88 Å². The molecule has 0 saturated carbocycles. The van der Waals surface area contributed by atoms with E-state index in [0.29, 0.717) is 19.0 Å². The van der Waals surface area contributed by atoms with Gasteiger partial charge < -0.3 is 9.84 Å². The van der Waals surface area contributed by atoms with Crippen LogP contribution in [0.4, 0.5) is 0 Å². The number of hydrogen-bond acceptors (Lipinski definition) is 5. The molecule has 8 heteroatoms. The summed E-state index contributed by atoms with van der Waals surface area (Å²) in [7, 11) is -2.00. The van der Waals surface area contributed by atoms with Crippen LogP contribution in [0.25, 0.3) is 0 Å². The SMILES string of the molecule is COc1ccc(CNS(=O)(=O)N2CCCC(CO)C2)cn1. The van der Waals surface area contributed by atoms with Gasteiger partial charge in [0, 0.05) is 38.5 Å². The molecule has 1 unspecified atom stereocenters. The Kier molecular flexibility index (Phi) is 5.51. The molecule has 0 aliphatic carbocycles. The average molecular weight is 315 g/mol. The van der Waals surface area contributed by atoms with Crippen LogP contribution in [0, 0.1) is 5.92 Å². The summed E-state index contributed by atoms with van der Waals surface area (Å²) < 4.78 is 33.4. The van der Waals surface area contributed by atoms with Gasteiger partial charge in [-0.15, -0.1) is 0 Å². The molecule has 1 fully saturated rings. The van der Waals surface area contributed by atoms with Crippen molar-refractivity contribution in [2.75, 3.05) is 26.8 Å². The first-order valence-corrected chi connectivity index (χ1v) is 8.33. The summed E-state index contributed by atoms with van der Waals surface area (Å²) in [6.45, 7) is 1.06. The minimum Gasteiger partial charge on any atom is -0.481 e. The second-order valence-electron chi connectivity index (χ2n) is 5.08. The van der Waals surface area contributed by atoms with Crippen molar-refractivity contribution in [2.24, 2.45) is 5.92 Å². The van der Waals surface area contributed by atoms with Crippen LogP contribution < -0.4 is 9.46 Å². The summed E-state index contributed by atoms with van der Waals surface area (Å²) in [5.41, 5.74) is 0.759. The zero-order valence-corrected chi connectivity index (χ0v) is 12.8. The van der Waals surface area contributed by atoms with Crippen LogP contribution >= 0.6 is 0 Å². The Hall–Kier alpha value is -1.22. The third-order valence-electron chi connectivity index (χ3n) is 3.55. The first-order chi connectivity index (χ1) is 10.0. The van der Waals surface area contributed by atoms with Gasteiger partial charge in [0.2, 0.25) is 5.88 Å². The average Bonchev–Trinajstić information content (AvgIpc) is 2.53. The van der Waals surface area contributed by atoms with Crippen LogP contribution in [0.3, 0.4) is 0 Å². The first-order valence-electron chi connectivity index (χ1n) is 6.89. The van der Waals surface area contributed by atoms with Crippen molar-refractivity contribution in [1.82, 2.24) is 14.0 Å². The van der Waals surface area contributed by atoms with E-state index in [0.717, 1.165) is 18.4 Å². The van der Waals surface area contributed by atoms with Gasteiger partial charge in [0.15, 0.2) is 0 Å². The Balaban J connectivity index is 1.93. The van der Waals surface area contributed by atoms with Crippen LogP contribution in [0.15, 0.2) is 18.3 Å². The van der Waals surface area contributed by atoms with Gasteiger partial charge >= 0.3 is 0 Å². The van der Waals surface area contributed by atoms with E-state index < -0.39 is 10.2 Å². The number of aromatic nitrogens is 1. The molecule has 0 amide bonds. The number of rotatable bonds is 6. The van der Waals surface area contributed by atoms with Gasteiger partial charge in [0.1, 0.15) is 0 Å². The van der Waals surface area contributed by atoms with Gasteiger partial charge in [-0.1, -0.05) is 6.07 Å². The number of hydrogen-bond donors (Lipinski definition) is 2. The summed E-state index contributed by atoms with van der Waals surface area (Å²) >= 11 is 0. The summed E-state index contributed by atoms with van der Waals surface area (Å²) in [5, 5.41) is 9.17. The largest absolute Gasteiger partial charge is 0.481 e. The lowest BCUT2D eigenvalue weighted by Crippen LogP contribution is -2.46. The maximum atomic E-state index is 12.2. The van der Waals surface area contributed by atoms with E-state index in [-0.39, 0.29) is 19.1 Å². The molecule has 1 atom stereocenters. The van der Waals surface area contributed by atoms with E-state index in [9.17, 15) is 8.42 Å². The molecule has 118 valence electrons. The summed E-state index contributed by atoms with van der Waals surface area (Å²) in [6.07, 6.45) is 3.22. The summed E-state index contributed by atoms with van der Waals surface area (Å²) in [5.74, 6) is 0.515. The molecule has 1 aromatic rings. The third-order valence-corrected chi connectivity index (χ3v) is 5.07. The van der Waals surface area contributed by atoms with Gasteiger partial charge in [-0.3, -0.25) is 0 Å². The molecule has 2 N–H and O–H groups in total. The molecule has 0 bridgehead atoms. The third kappa shape index (κ3) is 4.37. The molecule has 0 aromatic carbocycles. The highest BCUT2D eigenvalue weighted by atomic mass is 32.2. The molecule has 2 rings (SSSR count). The number of nitrogens with one attached hydrogen (secondary N) is 1. The summed E-state index contributed by atoms with van der Waals surface area (Å²) in [6, 6.07) is 3.45. The fourth-order valence-corrected chi connectivity index (χ4v) is 3.60. The number of pyridine rings is 1. The van der Waals surface area contributed by atoms with E-state index in [2.05, 4.69) is 9.71 Å². The first kappa shape index (κ1) is 16.2. The minimum atomic E-state index is -3.53. The van der Waals surface area contributed by atoms with E-state index in [1.807, 2.05) is 0 Å². The minimum absolute atomic E-state index is 0.0222. The Morgan fingerprint density at radius 3 is 2.95 bits per heavy atom. The molecule has 1 aliphatic heterocycles. The van der Waals surface area contributed by atoms with Crippen molar-refractivity contribution in [1.29, 1.82) is 0 Å². The lowest BCUT2D eigenvalue weighted by Gasteiger charge is -2.30. The second kappa shape index (κ2) is 7.17. The van der Waals surface area contributed by atoms with Crippen LogP contribution in [-0.4, -0.2) is 49.6 Å². The van der Waals surface area contributed by atoms with E-state index in [1.54, 1.807) is 18.3 Å². The summed E-state index contributed by atoms with van der Waals surface area (Å²) in [4.78, 5) is 4.03. The fraction of sp³-hybridized carbons (Fsp3) is 0.615. The number of piperidine rings is 1. The Morgan fingerprint density at radius 2 is 2.33 bits per heavy atom. The lowest BCUT2D eigenvalue weighted by atomic mass is 10.0. The molecular formula is C13H21N3O4S. The predicted molar refractivity (Wildman–Crippen MR) is 77.9 cm³/mol. The zero-order chi connectivity index (χ0) is 15.3. The number of aliphatic hydroxyl groups is 1. The van der Waals surface area contributed by atoms with Crippen molar-refractivity contribution in [3.8, 4) is 5.88 Å². The lowest BCUT2D eigenvalue weighted by molar-refractivity contribution is 0.164. The molecular weight excluding hydrogens is 294 g/mol. The van der Waals surface area contributed by atoms with E-state index in [1.165, 1.54) is 11.4 Å². The Bertz CT molecular complexity index is 547. The molecule has 1 saturated heterocycles. The highest BCUT2D eigenvalue weighted by molar-refractivity contribution is 7.87. The van der Waals surface area contributed by atoms with E-state index in [4.69, 9.17) is 9.84 Å². The number of aliphatic hydroxyl groups excluding tert-OH is 1. The van der Waals surface area contributed by atoms with Gasteiger partial charge in [-0.2, -0.15) is 17.4 Å². The Morgan fingerprint density at radius 1 is 1.52 bits per heavy atom. The second-order valence-corrected chi connectivity index (χ2v) is 6.84. The quantitative estimate of drug-likeness (QED) is 0.778. The molecule has 0 spiro atoms. The van der Waals surface area contributed by atoms with Crippen LogP contribution in [-0.2, 0) is 16.8 Å². The van der Waals surface area contributed by atoms with Crippen LogP contribution in [0.2, 0.25) is 0 Å². The molecule has 21 heavy (non-hydrogen) atoms. The standard InChI is InChI=1S/C13H21N3O4S/c1-20-13-5-4-11(7-14-13)8-15-21(18,19)16-6-2-3-12(9-16)10-17/h4-5,7,12,15,17H,2-3,6,8-10H2,1H3. The molecule has 1 aromatic heterocycles. The van der Waals surface area contributed by atoms with Crippen molar-refractivity contribution in [3.63, 3.8) is 0 Å². The number of methoxy groups -OCH3 is 1. The smallest absolute Gasteiger partial charge is 0.279 e. The molecule has 0 radical (unpaired) electrons.